The van der Waals surface area contributed by atoms with Gasteiger partial charge in [-0.25, -0.2) is 0 Å². The van der Waals surface area contributed by atoms with E-state index in [0.717, 1.165) is 12.8 Å². The average molecular weight is 594 g/mol. The molecule has 2 bridgehead atoms. The van der Waals surface area contributed by atoms with E-state index in [0.29, 0.717) is 37.2 Å². The molecule has 1 spiro atoms. The fraction of sp³-hybridized carbons (Fsp3) is 0.607. The number of fused-ring (bicyclic) bond motifs is 1. The Hall–Kier alpha value is -2.43. The number of amides is 2. The number of esters is 1. The number of unbranched alkanes of at least 4 members (excludes halogenated alkanes) is 3. The van der Waals surface area contributed by atoms with Gasteiger partial charge in [-0.2, -0.15) is 0 Å². The van der Waals surface area contributed by atoms with Gasteiger partial charge < -0.3 is 29.1 Å². The molecule has 3 heterocycles. The van der Waals surface area contributed by atoms with Crippen LogP contribution in [0.1, 0.15) is 39.0 Å². The number of alkyl halides is 1. The Morgan fingerprint density at radius 3 is 2.61 bits per heavy atom. The number of benzene rings is 1. The number of likely N-dealkylation sites (tertiary alicyclic amines) is 1. The molecule has 1 N–H and O–H groups in total. The maximum Gasteiger partial charge on any atom is 0.312 e. The van der Waals surface area contributed by atoms with Crippen LogP contribution < -0.4 is 9.64 Å². The largest absolute Gasteiger partial charge is 0.497 e. The second-order valence-electron chi connectivity index (χ2n) is 10.0. The highest BCUT2D eigenvalue weighted by Gasteiger charge is 2.77. The van der Waals surface area contributed by atoms with Crippen molar-refractivity contribution in [1.29, 1.82) is 0 Å². The van der Waals surface area contributed by atoms with Gasteiger partial charge in [-0.05, 0) is 50.5 Å². The Bertz CT molecular complexity index is 1030. The van der Waals surface area contributed by atoms with E-state index >= 15 is 0 Å². The zero-order valence-corrected chi connectivity index (χ0v) is 23.6. The van der Waals surface area contributed by atoms with Crippen molar-refractivity contribution in [2.24, 2.45) is 11.8 Å². The van der Waals surface area contributed by atoms with Gasteiger partial charge in [0.25, 0.3) is 5.91 Å². The number of ether oxygens (including phenoxy) is 3. The quantitative estimate of drug-likeness (QED) is 0.162. The van der Waals surface area contributed by atoms with Crippen molar-refractivity contribution in [3.8, 4) is 5.75 Å². The Morgan fingerprint density at radius 2 is 1.97 bits per heavy atom. The van der Waals surface area contributed by atoms with Gasteiger partial charge >= 0.3 is 5.97 Å². The molecule has 208 valence electrons. The molecule has 9 nitrogen and oxygen atoms in total. The van der Waals surface area contributed by atoms with Crippen LogP contribution in [0, 0.1) is 11.8 Å². The van der Waals surface area contributed by atoms with Gasteiger partial charge in [-0.3, -0.25) is 14.4 Å². The van der Waals surface area contributed by atoms with Gasteiger partial charge in [0, 0.05) is 30.2 Å². The minimum Gasteiger partial charge on any atom is -0.497 e. The van der Waals surface area contributed by atoms with Crippen molar-refractivity contribution in [3.05, 3.63) is 36.9 Å². The van der Waals surface area contributed by atoms with E-state index in [-0.39, 0.29) is 36.4 Å². The van der Waals surface area contributed by atoms with Gasteiger partial charge in [0.05, 0.1) is 31.7 Å². The summed E-state index contributed by atoms with van der Waals surface area (Å²) in [6.45, 7) is 6.50. The second kappa shape index (κ2) is 12.2. The molecule has 0 aliphatic carbocycles. The lowest BCUT2D eigenvalue weighted by molar-refractivity contribution is -0.154. The molecular formula is C28H37BrN2O7. The van der Waals surface area contributed by atoms with Gasteiger partial charge in [0.15, 0.2) is 0 Å². The molecule has 0 radical (unpaired) electrons. The first kappa shape index (κ1) is 28.6. The lowest BCUT2D eigenvalue weighted by Gasteiger charge is -2.37. The summed E-state index contributed by atoms with van der Waals surface area (Å²) in [6, 6.07) is 6.26. The van der Waals surface area contributed by atoms with Gasteiger partial charge in [-0.15, -0.1) is 6.58 Å². The summed E-state index contributed by atoms with van der Waals surface area (Å²) in [6.07, 6.45) is 4.54. The van der Waals surface area contributed by atoms with Crippen LogP contribution in [0.3, 0.4) is 0 Å². The number of hydrogen-bond acceptors (Lipinski definition) is 7. The number of anilines is 1. The van der Waals surface area contributed by atoms with Crippen molar-refractivity contribution in [2.75, 3.05) is 38.3 Å². The van der Waals surface area contributed by atoms with E-state index in [1.165, 1.54) is 0 Å². The molecular weight excluding hydrogens is 556 g/mol. The summed E-state index contributed by atoms with van der Waals surface area (Å²) in [5.41, 5.74) is -0.489. The van der Waals surface area contributed by atoms with Crippen LogP contribution in [0.2, 0.25) is 0 Å². The smallest absolute Gasteiger partial charge is 0.312 e. The van der Waals surface area contributed by atoms with E-state index in [9.17, 15) is 14.4 Å². The first-order chi connectivity index (χ1) is 18.3. The predicted octanol–water partition coefficient (Wildman–Crippen LogP) is 3.08. The normalized spacial score (nSPS) is 29.3. The molecule has 6 atom stereocenters. The fourth-order valence-corrected chi connectivity index (χ4v) is 7.21. The number of nitrogens with zero attached hydrogens (tertiary/aromatic N) is 2. The topological polar surface area (TPSA) is 106 Å². The number of rotatable bonds is 13. The maximum absolute atomic E-state index is 14.4. The van der Waals surface area contributed by atoms with E-state index in [1.807, 2.05) is 0 Å². The first-order valence-electron chi connectivity index (χ1n) is 13.3. The third-order valence-corrected chi connectivity index (χ3v) is 8.70. The third kappa shape index (κ3) is 4.98. The highest BCUT2D eigenvalue weighted by atomic mass is 79.9. The number of halogens is 1. The summed E-state index contributed by atoms with van der Waals surface area (Å²) >= 11 is 3.67. The molecule has 10 heteroatoms. The molecule has 0 aromatic heterocycles. The Labute approximate surface area is 232 Å². The molecule has 1 aromatic carbocycles. The van der Waals surface area contributed by atoms with E-state index < -0.39 is 35.6 Å². The maximum atomic E-state index is 14.4. The summed E-state index contributed by atoms with van der Waals surface area (Å²) in [7, 11) is 1.58. The van der Waals surface area contributed by atoms with Crippen molar-refractivity contribution < 1.29 is 33.7 Å². The molecule has 3 saturated heterocycles. The first-order valence-corrected chi connectivity index (χ1v) is 14.2. The van der Waals surface area contributed by atoms with Crippen molar-refractivity contribution in [1.82, 2.24) is 4.90 Å². The lowest BCUT2D eigenvalue weighted by atomic mass is 9.70. The molecule has 4 rings (SSSR count). The molecule has 3 unspecified atom stereocenters. The Balaban J connectivity index is 1.72. The summed E-state index contributed by atoms with van der Waals surface area (Å²) in [4.78, 5) is 44.5. The summed E-state index contributed by atoms with van der Waals surface area (Å²) in [5, 5.41) is 9.12. The molecule has 2 amide bonds. The number of methoxy groups -OCH3 is 1. The minimum absolute atomic E-state index is 0.121. The van der Waals surface area contributed by atoms with Crippen LogP contribution in [-0.2, 0) is 23.9 Å². The second-order valence-corrected chi connectivity index (χ2v) is 11.2. The van der Waals surface area contributed by atoms with Crippen LogP contribution in [0.5, 0.6) is 5.75 Å². The van der Waals surface area contributed by atoms with Crippen molar-refractivity contribution in [2.45, 2.75) is 61.6 Å². The van der Waals surface area contributed by atoms with Gasteiger partial charge in [0.1, 0.15) is 17.4 Å². The van der Waals surface area contributed by atoms with Crippen LogP contribution in [0.4, 0.5) is 5.69 Å². The van der Waals surface area contributed by atoms with E-state index in [1.54, 1.807) is 54.2 Å². The molecule has 3 fully saturated rings. The monoisotopic (exact) mass is 592 g/mol. The molecule has 3 aliphatic heterocycles. The molecule has 3 aliphatic rings. The Kier molecular flexibility index (Phi) is 9.15. The van der Waals surface area contributed by atoms with Gasteiger partial charge in [0.2, 0.25) is 5.91 Å². The third-order valence-electron chi connectivity index (χ3n) is 7.85. The van der Waals surface area contributed by atoms with Crippen LogP contribution in [0.15, 0.2) is 36.9 Å². The lowest BCUT2D eigenvalue weighted by Crippen LogP contribution is -2.57. The van der Waals surface area contributed by atoms with Crippen molar-refractivity contribution in [3.63, 3.8) is 0 Å². The van der Waals surface area contributed by atoms with Crippen LogP contribution >= 0.6 is 15.9 Å². The predicted molar refractivity (Wildman–Crippen MR) is 145 cm³/mol. The number of aliphatic hydroxyl groups is 1. The highest BCUT2D eigenvalue weighted by Crippen LogP contribution is 2.60. The summed E-state index contributed by atoms with van der Waals surface area (Å²) < 4.78 is 17.2. The van der Waals surface area contributed by atoms with E-state index in [2.05, 4.69) is 22.5 Å². The number of carbonyl (C=O) groups excluding carboxylic acids is 3. The van der Waals surface area contributed by atoms with Crippen LogP contribution in [0.25, 0.3) is 0 Å². The van der Waals surface area contributed by atoms with Crippen molar-refractivity contribution >= 4 is 39.4 Å². The van der Waals surface area contributed by atoms with E-state index in [4.69, 9.17) is 19.3 Å². The molecule has 1 aromatic rings. The Morgan fingerprint density at radius 1 is 1.26 bits per heavy atom. The standard InChI is InChI=1S/C28H37BrN2O7/c1-4-14-30(18-10-12-19(36-3)13-11-18)26(34)24-28-17-20(29)23(38-28)21(27(35)37-5-2)22(28)25(33)31(24)15-8-6-7-9-16-32/h4,10-13,20-24,32H,1,5-9,14-17H2,2-3H3/t20?,21-,22-,23-,24?,28?/m0/s1. The zero-order chi connectivity index (χ0) is 27.4. The van der Waals surface area contributed by atoms with Gasteiger partial charge in [-0.1, -0.05) is 34.8 Å². The SMILES string of the molecule is C=CCN(C(=O)C1N(CCCCCCO)C(=O)[C@@H]2[C@H](C(=O)OCC)[C@H]3OC12CC3Br)c1ccc(OC)cc1. The minimum atomic E-state index is -1.14. The highest BCUT2D eigenvalue weighted by molar-refractivity contribution is 9.09. The molecule has 38 heavy (non-hydrogen) atoms. The summed E-state index contributed by atoms with van der Waals surface area (Å²) in [5.74, 6) is -1.87. The fourth-order valence-electron chi connectivity index (χ4n) is 6.27. The molecule has 0 saturated carbocycles. The number of carbonyl (C=O) groups is 3. The number of hydrogen-bond donors (Lipinski definition) is 1. The zero-order valence-electron chi connectivity index (χ0n) is 22.0. The van der Waals surface area contributed by atoms with Crippen LogP contribution in [-0.4, -0.2) is 83.8 Å². The average Bonchev–Trinajstić information content (AvgIpc) is 3.50. The number of aliphatic hydroxyl groups excluding tert-OH is 1.